The lowest BCUT2D eigenvalue weighted by Crippen LogP contribution is -2.46. The van der Waals surface area contributed by atoms with Gasteiger partial charge in [0.15, 0.2) is 0 Å². The topological polar surface area (TPSA) is 58.5 Å². The number of thiophene rings is 1. The zero-order valence-electron chi connectivity index (χ0n) is 11.4. The van der Waals surface area contributed by atoms with Gasteiger partial charge < -0.3 is 14.7 Å². The van der Waals surface area contributed by atoms with Crippen molar-refractivity contribution in [2.75, 3.05) is 24.7 Å². The van der Waals surface area contributed by atoms with E-state index in [0.29, 0.717) is 24.8 Å². The SMILES string of the molecule is OC(CC1COCCN1c1cncc(Cl)n1)c1cccs1. The summed E-state index contributed by atoms with van der Waals surface area (Å²) in [5.74, 6) is 0.731. The second-order valence-corrected chi connectivity index (χ2v) is 6.26. The number of aliphatic hydroxyl groups is 1. The fourth-order valence-corrected chi connectivity index (χ4v) is 3.35. The van der Waals surface area contributed by atoms with Gasteiger partial charge in [-0.05, 0) is 11.4 Å². The molecule has 2 atom stereocenters. The number of hydrogen-bond acceptors (Lipinski definition) is 6. The first kappa shape index (κ1) is 14.7. The van der Waals surface area contributed by atoms with Crippen LogP contribution < -0.4 is 4.90 Å². The van der Waals surface area contributed by atoms with E-state index in [0.717, 1.165) is 17.2 Å². The highest BCUT2D eigenvalue weighted by Gasteiger charge is 2.27. The molecule has 2 unspecified atom stereocenters. The van der Waals surface area contributed by atoms with Crippen molar-refractivity contribution in [3.63, 3.8) is 0 Å². The molecule has 1 fully saturated rings. The van der Waals surface area contributed by atoms with Crippen LogP contribution >= 0.6 is 22.9 Å². The molecule has 0 aliphatic carbocycles. The Morgan fingerprint density at radius 2 is 2.43 bits per heavy atom. The summed E-state index contributed by atoms with van der Waals surface area (Å²) in [7, 11) is 0. The molecule has 3 rings (SSSR count). The molecule has 2 aromatic heterocycles. The summed E-state index contributed by atoms with van der Waals surface area (Å²) >= 11 is 7.48. The predicted molar refractivity (Wildman–Crippen MR) is 82.9 cm³/mol. The Labute approximate surface area is 132 Å². The minimum Gasteiger partial charge on any atom is -0.387 e. The second-order valence-electron chi connectivity index (χ2n) is 4.89. The largest absolute Gasteiger partial charge is 0.387 e. The van der Waals surface area contributed by atoms with Crippen LogP contribution in [0.4, 0.5) is 5.82 Å². The molecule has 1 aliphatic heterocycles. The van der Waals surface area contributed by atoms with Gasteiger partial charge in [-0.25, -0.2) is 4.98 Å². The lowest BCUT2D eigenvalue weighted by Gasteiger charge is -2.37. The lowest BCUT2D eigenvalue weighted by atomic mass is 10.1. The Bertz CT molecular complexity index is 581. The first-order chi connectivity index (χ1) is 10.2. The quantitative estimate of drug-likeness (QED) is 0.936. The van der Waals surface area contributed by atoms with Crippen LogP contribution in [0.3, 0.4) is 0 Å². The van der Waals surface area contributed by atoms with Gasteiger partial charge in [0.05, 0.1) is 37.8 Å². The van der Waals surface area contributed by atoms with E-state index in [1.165, 1.54) is 6.20 Å². The van der Waals surface area contributed by atoms with Crippen molar-refractivity contribution in [1.29, 1.82) is 0 Å². The second kappa shape index (κ2) is 6.70. The predicted octanol–water partition coefficient (Wildman–Crippen LogP) is 2.52. The van der Waals surface area contributed by atoms with Gasteiger partial charge in [0.25, 0.3) is 0 Å². The average molecular weight is 326 g/mol. The van der Waals surface area contributed by atoms with Crippen molar-refractivity contribution in [1.82, 2.24) is 9.97 Å². The third-order valence-corrected chi connectivity index (χ3v) is 4.64. The summed E-state index contributed by atoms with van der Waals surface area (Å²) in [4.78, 5) is 11.5. The van der Waals surface area contributed by atoms with E-state index in [2.05, 4.69) is 14.9 Å². The van der Waals surface area contributed by atoms with Crippen molar-refractivity contribution in [3.8, 4) is 0 Å². The highest BCUT2D eigenvalue weighted by atomic mass is 35.5. The van der Waals surface area contributed by atoms with E-state index in [1.54, 1.807) is 17.5 Å². The Morgan fingerprint density at radius 3 is 3.19 bits per heavy atom. The molecule has 21 heavy (non-hydrogen) atoms. The van der Waals surface area contributed by atoms with Gasteiger partial charge in [0.2, 0.25) is 0 Å². The molecule has 1 N–H and O–H groups in total. The Morgan fingerprint density at radius 1 is 1.52 bits per heavy atom. The molecule has 0 amide bonds. The van der Waals surface area contributed by atoms with Crippen LogP contribution in [0, 0.1) is 0 Å². The molecule has 0 aromatic carbocycles. The Hall–Kier alpha value is -1.21. The fraction of sp³-hybridized carbons (Fsp3) is 0.429. The molecule has 0 spiro atoms. The molecule has 5 nitrogen and oxygen atoms in total. The van der Waals surface area contributed by atoms with Gasteiger partial charge in [0, 0.05) is 17.8 Å². The maximum Gasteiger partial charge on any atom is 0.149 e. The molecule has 2 aromatic rings. The van der Waals surface area contributed by atoms with Crippen molar-refractivity contribution in [2.24, 2.45) is 0 Å². The molecule has 7 heteroatoms. The number of hydrogen-bond donors (Lipinski definition) is 1. The minimum absolute atomic E-state index is 0.0589. The van der Waals surface area contributed by atoms with E-state index in [-0.39, 0.29) is 6.04 Å². The van der Waals surface area contributed by atoms with Crippen LogP contribution in [-0.2, 0) is 4.74 Å². The van der Waals surface area contributed by atoms with Crippen LogP contribution in [0.5, 0.6) is 0 Å². The van der Waals surface area contributed by atoms with Crippen LogP contribution in [0.15, 0.2) is 29.9 Å². The number of morpholine rings is 1. The number of anilines is 1. The first-order valence-electron chi connectivity index (χ1n) is 6.77. The highest BCUT2D eigenvalue weighted by molar-refractivity contribution is 7.10. The third-order valence-electron chi connectivity index (χ3n) is 3.48. The smallest absolute Gasteiger partial charge is 0.149 e. The van der Waals surface area contributed by atoms with E-state index in [9.17, 15) is 5.11 Å². The number of rotatable bonds is 4. The standard InChI is InChI=1S/C14H16ClN3O2S/c15-13-7-16-8-14(17-13)18-3-4-20-9-10(18)6-11(19)12-2-1-5-21-12/h1-2,5,7-8,10-11,19H,3-4,6,9H2. The number of aliphatic hydroxyl groups excluding tert-OH is 1. The number of ether oxygens (including phenoxy) is 1. The fourth-order valence-electron chi connectivity index (χ4n) is 2.48. The molecule has 1 aliphatic rings. The van der Waals surface area contributed by atoms with Gasteiger partial charge >= 0.3 is 0 Å². The summed E-state index contributed by atoms with van der Waals surface area (Å²) in [6.45, 7) is 1.92. The van der Waals surface area contributed by atoms with Crippen LogP contribution in [-0.4, -0.2) is 40.9 Å². The Kier molecular flexibility index (Phi) is 4.70. The van der Waals surface area contributed by atoms with Crippen molar-refractivity contribution in [2.45, 2.75) is 18.6 Å². The van der Waals surface area contributed by atoms with E-state index >= 15 is 0 Å². The van der Waals surface area contributed by atoms with Crippen LogP contribution in [0.2, 0.25) is 5.15 Å². The molecule has 1 saturated heterocycles. The van der Waals surface area contributed by atoms with E-state index in [4.69, 9.17) is 16.3 Å². The normalized spacial score (nSPS) is 20.5. The minimum atomic E-state index is -0.494. The third kappa shape index (κ3) is 3.52. The summed E-state index contributed by atoms with van der Waals surface area (Å²) in [5, 5.41) is 12.7. The highest BCUT2D eigenvalue weighted by Crippen LogP contribution is 2.28. The van der Waals surface area contributed by atoms with Crippen molar-refractivity contribution >= 4 is 28.8 Å². The Balaban J connectivity index is 1.75. The molecule has 3 heterocycles. The van der Waals surface area contributed by atoms with Gasteiger partial charge in [-0.3, -0.25) is 4.98 Å². The molecular weight excluding hydrogens is 310 g/mol. The summed E-state index contributed by atoms with van der Waals surface area (Å²) < 4.78 is 5.55. The zero-order valence-corrected chi connectivity index (χ0v) is 12.9. The van der Waals surface area contributed by atoms with Gasteiger partial charge in [-0.15, -0.1) is 11.3 Å². The van der Waals surface area contributed by atoms with E-state index < -0.39 is 6.10 Å². The molecule has 0 bridgehead atoms. The molecular formula is C14H16ClN3O2S. The van der Waals surface area contributed by atoms with Crippen LogP contribution in [0.25, 0.3) is 0 Å². The molecule has 0 saturated carbocycles. The summed E-state index contributed by atoms with van der Waals surface area (Å²) in [6, 6.07) is 3.95. The van der Waals surface area contributed by atoms with Crippen molar-refractivity contribution < 1.29 is 9.84 Å². The zero-order chi connectivity index (χ0) is 14.7. The van der Waals surface area contributed by atoms with Crippen molar-refractivity contribution in [3.05, 3.63) is 39.9 Å². The average Bonchev–Trinajstić information content (AvgIpc) is 3.02. The monoisotopic (exact) mass is 325 g/mol. The molecule has 0 radical (unpaired) electrons. The summed E-state index contributed by atoms with van der Waals surface area (Å²) in [6.07, 6.45) is 3.31. The van der Waals surface area contributed by atoms with Gasteiger partial charge in [-0.2, -0.15) is 0 Å². The first-order valence-corrected chi connectivity index (χ1v) is 8.03. The summed E-state index contributed by atoms with van der Waals surface area (Å²) in [5.41, 5.74) is 0. The lowest BCUT2D eigenvalue weighted by molar-refractivity contribution is 0.0684. The maximum absolute atomic E-state index is 10.3. The molecule has 112 valence electrons. The number of aromatic nitrogens is 2. The van der Waals surface area contributed by atoms with Crippen LogP contribution in [0.1, 0.15) is 17.4 Å². The number of halogens is 1. The van der Waals surface area contributed by atoms with E-state index in [1.807, 2.05) is 17.5 Å². The van der Waals surface area contributed by atoms with Gasteiger partial charge in [0.1, 0.15) is 11.0 Å². The maximum atomic E-state index is 10.3. The van der Waals surface area contributed by atoms with Gasteiger partial charge in [-0.1, -0.05) is 17.7 Å². The number of nitrogens with zero attached hydrogens (tertiary/aromatic N) is 3.